The molecule has 3 heterocycles. The van der Waals surface area contributed by atoms with Crippen LogP contribution in [0.3, 0.4) is 0 Å². The first-order valence-corrected chi connectivity index (χ1v) is 11.1. The molecule has 3 aromatic heterocycles. The van der Waals surface area contributed by atoms with E-state index >= 15 is 0 Å². The quantitative estimate of drug-likeness (QED) is 0.321. The van der Waals surface area contributed by atoms with Gasteiger partial charge in [0.2, 0.25) is 5.82 Å². The van der Waals surface area contributed by atoms with Gasteiger partial charge in [0.15, 0.2) is 11.6 Å². The van der Waals surface area contributed by atoms with Gasteiger partial charge >= 0.3 is 6.18 Å². The van der Waals surface area contributed by atoms with Gasteiger partial charge in [-0.1, -0.05) is 19.9 Å². The zero-order valence-corrected chi connectivity index (χ0v) is 19.5. The monoisotopic (exact) mass is 483 g/mol. The molecular weight excluding hydrogens is 459 g/mol. The van der Waals surface area contributed by atoms with E-state index in [2.05, 4.69) is 15.1 Å². The number of aryl methyl sites for hydroxylation is 2. The Balaban J connectivity index is 1.46. The number of alkyl halides is 3. The first-order chi connectivity index (χ1) is 16.5. The maximum Gasteiger partial charge on any atom is 0.449 e. The molecule has 0 saturated carbocycles. The summed E-state index contributed by atoms with van der Waals surface area (Å²) in [5.74, 6) is -1.05. The van der Waals surface area contributed by atoms with Crippen LogP contribution in [0.25, 0.3) is 16.7 Å². The number of fused-ring (bicyclic) bond motifs is 1. The molecule has 4 aromatic rings. The summed E-state index contributed by atoms with van der Waals surface area (Å²) in [6, 6.07) is 9.61. The van der Waals surface area contributed by atoms with Crippen LogP contribution in [0, 0.1) is 5.92 Å². The number of rotatable bonds is 8. The molecule has 0 aliphatic carbocycles. The van der Waals surface area contributed by atoms with Crippen molar-refractivity contribution < 1.29 is 22.8 Å². The maximum absolute atomic E-state index is 13.1. The molecule has 0 radical (unpaired) electrons. The highest BCUT2D eigenvalue weighted by atomic mass is 19.4. The minimum Gasteiger partial charge on any atom is -0.323 e. The lowest BCUT2D eigenvalue weighted by molar-refractivity contribution is -0.146. The van der Waals surface area contributed by atoms with Crippen LogP contribution in [0.2, 0.25) is 0 Å². The highest BCUT2D eigenvalue weighted by Gasteiger charge is 2.36. The summed E-state index contributed by atoms with van der Waals surface area (Å²) >= 11 is 0. The van der Waals surface area contributed by atoms with E-state index < -0.39 is 12.0 Å². The van der Waals surface area contributed by atoms with E-state index in [0.717, 1.165) is 10.1 Å². The third kappa shape index (κ3) is 5.31. The van der Waals surface area contributed by atoms with E-state index in [4.69, 9.17) is 0 Å². The van der Waals surface area contributed by atoms with Crippen molar-refractivity contribution in [1.82, 2.24) is 24.3 Å². The Hall–Kier alpha value is -3.82. The third-order valence-electron chi connectivity index (χ3n) is 5.57. The molecule has 1 aromatic carbocycles. The van der Waals surface area contributed by atoms with Gasteiger partial charge in [0.25, 0.3) is 0 Å². The van der Waals surface area contributed by atoms with E-state index in [1.54, 1.807) is 47.4 Å². The van der Waals surface area contributed by atoms with Gasteiger partial charge in [0.05, 0.1) is 22.9 Å². The molecule has 0 unspecified atom stereocenters. The van der Waals surface area contributed by atoms with Gasteiger partial charge in [-0.25, -0.2) is 14.6 Å². The first-order valence-electron chi connectivity index (χ1n) is 11.1. The largest absolute Gasteiger partial charge is 0.449 e. The molecule has 0 atom stereocenters. The van der Waals surface area contributed by atoms with Gasteiger partial charge in [0.1, 0.15) is 11.4 Å². The lowest BCUT2D eigenvalue weighted by Crippen LogP contribution is -2.12. The zero-order chi connectivity index (χ0) is 25.3. The van der Waals surface area contributed by atoms with E-state index in [9.17, 15) is 22.8 Å². The van der Waals surface area contributed by atoms with Crippen molar-refractivity contribution in [2.75, 3.05) is 0 Å². The second-order valence-electron chi connectivity index (χ2n) is 8.81. The van der Waals surface area contributed by atoms with E-state index in [1.165, 1.54) is 13.1 Å². The molecule has 0 saturated heterocycles. The lowest BCUT2D eigenvalue weighted by atomic mass is 10.0. The summed E-state index contributed by atoms with van der Waals surface area (Å²) in [6.07, 6.45) is -0.266. The molecule has 0 fully saturated rings. The number of carbonyl (C=O) groups is 2. The summed E-state index contributed by atoms with van der Waals surface area (Å²) in [7, 11) is 1.32. The second kappa shape index (κ2) is 9.44. The van der Waals surface area contributed by atoms with Crippen LogP contribution in [0.4, 0.5) is 13.2 Å². The Labute approximate surface area is 199 Å². The molecule has 7 nitrogen and oxygen atoms in total. The summed E-state index contributed by atoms with van der Waals surface area (Å²) in [5.41, 5.74) is 2.46. The van der Waals surface area contributed by atoms with Crippen LogP contribution in [-0.4, -0.2) is 35.9 Å². The number of hydrogen-bond acceptors (Lipinski definition) is 5. The average molecular weight is 483 g/mol. The molecule has 10 heteroatoms. The Morgan fingerprint density at radius 1 is 1.03 bits per heavy atom. The minimum atomic E-state index is -4.55. The molecule has 0 spiro atoms. The summed E-state index contributed by atoms with van der Waals surface area (Å²) in [5, 5.41) is 4.29. The molecule has 4 rings (SSSR count). The van der Waals surface area contributed by atoms with Crippen molar-refractivity contribution in [3.05, 3.63) is 71.6 Å². The van der Waals surface area contributed by atoms with Gasteiger partial charge in [0, 0.05) is 26.1 Å². The Morgan fingerprint density at radius 3 is 2.43 bits per heavy atom. The van der Waals surface area contributed by atoms with E-state index in [1.807, 2.05) is 13.8 Å². The number of ketones is 2. The fourth-order valence-corrected chi connectivity index (χ4v) is 3.81. The number of carbonyl (C=O) groups excluding carboxylic acids is 2. The number of imidazole rings is 1. The van der Waals surface area contributed by atoms with E-state index in [0.29, 0.717) is 24.0 Å². The number of aromatic nitrogens is 5. The fourth-order valence-electron chi connectivity index (χ4n) is 3.81. The predicted molar refractivity (Wildman–Crippen MR) is 124 cm³/mol. The topological polar surface area (TPSA) is 82.7 Å². The smallest absolute Gasteiger partial charge is 0.323 e. The zero-order valence-electron chi connectivity index (χ0n) is 19.5. The molecule has 35 heavy (non-hydrogen) atoms. The second-order valence-corrected chi connectivity index (χ2v) is 8.81. The standard InChI is InChI=1S/C25H24F3N5O2/c1-15(2)11-23(35)20-6-4-5-19(30-20)22(34)10-7-16-13-29-33(14-16)17-8-9-18-21(12-17)32(3)24(31-18)25(26,27)28/h4-6,8-9,12-15H,7,10-11H2,1-3H3. The van der Waals surface area contributed by atoms with Crippen molar-refractivity contribution in [3.8, 4) is 5.69 Å². The normalized spacial score (nSPS) is 12.0. The average Bonchev–Trinajstić information content (AvgIpc) is 3.41. The van der Waals surface area contributed by atoms with Crippen LogP contribution in [0.15, 0.2) is 48.8 Å². The first kappa shape index (κ1) is 24.3. The molecular formula is C25H24F3N5O2. The number of nitrogens with zero attached hydrogens (tertiary/aromatic N) is 5. The van der Waals surface area contributed by atoms with Crippen LogP contribution in [0.5, 0.6) is 0 Å². The highest BCUT2D eigenvalue weighted by Crippen LogP contribution is 2.31. The molecule has 0 bridgehead atoms. The summed E-state index contributed by atoms with van der Waals surface area (Å²) in [4.78, 5) is 32.8. The van der Waals surface area contributed by atoms with Gasteiger partial charge in [-0.3, -0.25) is 9.59 Å². The Kier molecular flexibility index (Phi) is 6.56. The Morgan fingerprint density at radius 2 is 1.74 bits per heavy atom. The van der Waals surface area contributed by atoms with Crippen molar-refractivity contribution in [2.45, 2.75) is 39.3 Å². The lowest BCUT2D eigenvalue weighted by Gasteiger charge is -2.06. The molecule has 0 N–H and O–H groups in total. The molecule has 0 aliphatic heterocycles. The van der Waals surface area contributed by atoms with Crippen molar-refractivity contribution in [1.29, 1.82) is 0 Å². The Bertz CT molecular complexity index is 1400. The number of pyridine rings is 1. The van der Waals surface area contributed by atoms with Gasteiger partial charge < -0.3 is 4.57 Å². The summed E-state index contributed by atoms with van der Waals surface area (Å²) < 4.78 is 42.0. The molecule has 182 valence electrons. The van der Waals surface area contributed by atoms with Crippen LogP contribution in [0.1, 0.15) is 59.1 Å². The van der Waals surface area contributed by atoms with Gasteiger partial charge in [-0.2, -0.15) is 18.3 Å². The number of halogens is 3. The number of benzene rings is 1. The predicted octanol–water partition coefficient (Wildman–Crippen LogP) is 5.22. The number of hydrogen-bond donors (Lipinski definition) is 0. The van der Waals surface area contributed by atoms with Gasteiger partial charge in [-0.15, -0.1) is 0 Å². The minimum absolute atomic E-state index is 0.0938. The van der Waals surface area contributed by atoms with Crippen LogP contribution >= 0.6 is 0 Å². The third-order valence-corrected chi connectivity index (χ3v) is 5.57. The molecule has 0 amide bonds. The SMILES string of the molecule is CC(C)CC(=O)c1cccc(C(=O)CCc2cnn(-c3ccc4nc(C(F)(F)F)n(C)c4c3)c2)n1. The van der Waals surface area contributed by atoms with E-state index in [-0.39, 0.29) is 40.8 Å². The van der Waals surface area contributed by atoms with Crippen molar-refractivity contribution >= 4 is 22.6 Å². The number of Topliss-reactive ketones (excluding diaryl/α,β-unsaturated/α-hetero) is 2. The van der Waals surface area contributed by atoms with Crippen LogP contribution < -0.4 is 0 Å². The van der Waals surface area contributed by atoms with Crippen molar-refractivity contribution in [2.24, 2.45) is 13.0 Å². The summed E-state index contributed by atoms with van der Waals surface area (Å²) in [6.45, 7) is 3.89. The van der Waals surface area contributed by atoms with Crippen LogP contribution in [-0.2, 0) is 19.6 Å². The van der Waals surface area contributed by atoms with Crippen molar-refractivity contribution in [3.63, 3.8) is 0 Å². The maximum atomic E-state index is 13.1. The molecule has 0 aliphatic rings. The highest BCUT2D eigenvalue weighted by molar-refractivity contribution is 5.98. The van der Waals surface area contributed by atoms with Gasteiger partial charge in [-0.05, 0) is 48.2 Å². The fraction of sp³-hybridized carbons (Fsp3) is 0.320.